The number of amides is 1. The van der Waals surface area contributed by atoms with Crippen LogP contribution in [0.15, 0.2) is 24.3 Å². The summed E-state index contributed by atoms with van der Waals surface area (Å²) in [5, 5.41) is 2.80. The van der Waals surface area contributed by atoms with Crippen molar-refractivity contribution in [2.75, 3.05) is 25.1 Å². The quantitative estimate of drug-likeness (QED) is 0.678. The third kappa shape index (κ3) is 6.14. The van der Waals surface area contributed by atoms with Crippen molar-refractivity contribution in [3.63, 3.8) is 0 Å². The molecule has 1 aromatic rings. The van der Waals surface area contributed by atoms with Crippen LogP contribution in [0, 0.1) is 0 Å². The normalized spacial score (nSPS) is 12.2. The molecule has 1 atom stereocenters. The van der Waals surface area contributed by atoms with Crippen molar-refractivity contribution < 1.29 is 14.3 Å². The molecule has 0 aliphatic carbocycles. The molecule has 1 rings (SSSR count). The Morgan fingerprint density at radius 1 is 1.25 bits per heavy atom. The standard InChI is InChI=1S/C15H24N2O3/c1-3-8-19-9-10-20-12(2)15(18)17-14-6-4-13(11-16)5-7-14/h4-7,12H,3,8-11,16H2,1-2H3,(H,17,18). The number of carbonyl (C=O) groups excluding carboxylic acids is 1. The van der Waals surface area contributed by atoms with Crippen LogP contribution in [-0.2, 0) is 20.8 Å². The molecule has 112 valence electrons. The second kappa shape index (κ2) is 9.47. The number of carbonyl (C=O) groups is 1. The molecule has 5 nitrogen and oxygen atoms in total. The summed E-state index contributed by atoms with van der Waals surface area (Å²) in [5.74, 6) is -0.166. The van der Waals surface area contributed by atoms with Crippen molar-refractivity contribution in [1.82, 2.24) is 0 Å². The van der Waals surface area contributed by atoms with Crippen molar-refractivity contribution in [2.24, 2.45) is 5.73 Å². The van der Waals surface area contributed by atoms with Gasteiger partial charge < -0.3 is 20.5 Å². The number of benzene rings is 1. The van der Waals surface area contributed by atoms with E-state index in [0.717, 1.165) is 24.3 Å². The maximum Gasteiger partial charge on any atom is 0.253 e. The van der Waals surface area contributed by atoms with Crippen LogP contribution >= 0.6 is 0 Å². The van der Waals surface area contributed by atoms with E-state index < -0.39 is 6.10 Å². The van der Waals surface area contributed by atoms with Crippen molar-refractivity contribution >= 4 is 11.6 Å². The number of anilines is 1. The van der Waals surface area contributed by atoms with Gasteiger partial charge in [0, 0.05) is 18.8 Å². The van der Waals surface area contributed by atoms with Gasteiger partial charge >= 0.3 is 0 Å². The summed E-state index contributed by atoms with van der Waals surface area (Å²) in [7, 11) is 0. The summed E-state index contributed by atoms with van der Waals surface area (Å²) in [4.78, 5) is 11.9. The van der Waals surface area contributed by atoms with Crippen LogP contribution in [0.5, 0.6) is 0 Å². The molecule has 1 unspecified atom stereocenters. The van der Waals surface area contributed by atoms with Gasteiger partial charge in [-0.05, 0) is 31.0 Å². The first kappa shape index (κ1) is 16.6. The van der Waals surface area contributed by atoms with Crippen molar-refractivity contribution in [1.29, 1.82) is 0 Å². The van der Waals surface area contributed by atoms with E-state index in [1.54, 1.807) is 6.92 Å². The lowest BCUT2D eigenvalue weighted by atomic mass is 10.2. The summed E-state index contributed by atoms with van der Waals surface area (Å²) < 4.78 is 10.7. The first-order valence-electron chi connectivity index (χ1n) is 6.96. The predicted molar refractivity (Wildman–Crippen MR) is 79.5 cm³/mol. The minimum Gasteiger partial charge on any atom is -0.379 e. The maximum absolute atomic E-state index is 11.9. The fraction of sp³-hybridized carbons (Fsp3) is 0.533. The number of nitrogens with one attached hydrogen (secondary N) is 1. The van der Waals surface area contributed by atoms with E-state index in [-0.39, 0.29) is 5.91 Å². The van der Waals surface area contributed by atoms with E-state index in [4.69, 9.17) is 15.2 Å². The van der Waals surface area contributed by atoms with Crippen LogP contribution < -0.4 is 11.1 Å². The highest BCUT2D eigenvalue weighted by Crippen LogP contribution is 2.10. The van der Waals surface area contributed by atoms with Gasteiger partial charge in [0.1, 0.15) is 6.10 Å². The Morgan fingerprint density at radius 2 is 1.95 bits per heavy atom. The molecule has 0 bridgehead atoms. The zero-order chi connectivity index (χ0) is 14.8. The van der Waals surface area contributed by atoms with Gasteiger partial charge in [-0.2, -0.15) is 0 Å². The Balaban J connectivity index is 2.29. The molecule has 0 aliphatic rings. The average Bonchev–Trinajstić information content (AvgIpc) is 2.47. The lowest BCUT2D eigenvalue weighted by Crippen LogP contribution is -2.28. The Hall–Kier alpha value is -1.43. The van der Waals surface area contributed by atoms with Gasteiger partial charge in [0.25, 0.3) is 5.91 Å². The fourth-order valence-corrected chi connectivity index (χ4v) is 1.57. The molecule has 0 fully saturated rings. The van der Waals surface area contributed by atoms with Crippen LogP contribution in [0.1, 0.15) is 25.8 Å². The molecule has 0 aliphatic heterocycles. The van der Waals surface area contributed by atoms with Crippen LogP contribution in [0.25, 0.3) is 0 Å². The smallest absolute Gasteiger partial charge is 0.253 e. The van der Waals surface area contributed by atoms with E-state index in [1.165, 1.54) is 0 Å². The third-order valence-corrected chi connectivity index (χ3v) is 2.77. The fourth-order valence-electron chi connectivity index (χ4n) is 1.57. The highest BCUT2D eigenvalue weighted by Gasteiger charge is 2.13. The molecule has 0 radical (unpaired) electrons. The van der Waals surface area contributed by atoms with Crippen LogP contribution in [0.2, 0.25) is 0 Å². The first-order valence-corrected chi connectivity index (χ1v) is 6.96. The molecule has 0 spiro atoms. The van der Waals surface area contributed by atoms with Gasteiger partial charge in [0.05, 0.1) is 13.2 Å². The number of hydrogen-bond acceptors (Lipinski definition) is 4. The largest absolute Gasteiger partial charge is 0.379 e. The minimum atomic E-state index is -0.505. The molecule has 1 amide bonds. The molecule has 3 N–H and O–H groups in total. The minimum absolute atomic E-state index is 0.166. The molecule has 20 heavy (non-hydrogen) atoms. The van der Waals surface area contributed by atoms with E-state index in [1.807, 2.05) is 31.2 Å². The van der Waals surface area contributed by atoms with E-state index in [9.17, 15) is 4.79 Å². The highest BCUT2D eigenvalue weighted by molar-refractivity contribution is 5.93. The highest BCUT2D eigenvalue weighted by atomic mass is 16.5. The summed E-state index contributed by atoms with van der Waals surface area (Å²) >= 11 is 0. The summed E-state index contributed by atoms with van der Waals surface area (Å²) in [6.07, 6.45) is 0.476. The molecule has 0 aromatic heterocycles. The van der Waals surface area contributed by atoms with Crippen LogP contribution in [0.4, 0.5) is 5.69 Å². The molecule has 0 saturated carbocycles. The molecular formula is C15H24N2O3. The van der Waals surface area contributed by atoms with E-state index in [0.29, 0.717) is 19.8 Å². The summed E-state index contributed by atoms with van der Waals surface area (Å²) in [6, 6.07) is 7.44. The number of rotatable bonds is 9. The van der Waals surface area contributed by atoms with Crippen molar-refractivity contribution in [3.8, 4) is 0 Å². The van der Waals surface area contributed by atoms with Gasteiger partial charge in [-0.1, -0.05) is 19.1 Å². The lowest BCUT2D eigenvalue weighted by molar-refractivity contribution is -0.127. The van der Waals surface area contributed by atoms with E-state index in [2.05, 4.69) is 5.32 Å². The van der Waals surface area contributed by atoms with Gasteiger partial charge in [-0.25, -0.2) is 0 Å². The van der Waals surface area contributed by atoms with Crippen LogP contribution in [-0.4, -0.2) is 31.8 Å². The average molecular weight is 280 g/mol. The van der Waals surface area contributed by atoms with E-state index >= 15 is 0 Å². The van der Waals surface area contributed by atoms with Gasteiger partial charge in [-0.3, -0.25) is 4.79 Å². The van der Waals surface area contributed by atoms with Gasteiger partial charge in [0.2, 0.25) is 0 Å². The topological polar surface area (TPSA) is 73.6 Å². The monoisotopic (exact) mass is 280 g/mol. The Kier molecular flexibility index (Phi) is 7.87. The zero-order valence-electron chi connectivity index (χ0n) is 12.2. The summed E-state index contributed by atoms with van der Waals surface area (Å²) in [5.41, 5.74) is 7.29. The van der Waals surface area contributed by atoms with Crippen LogP contribution in [0.3, 0.4) is 0 Å². The number of ether oxygens (including phenoxy) is 2. The Morgan fingerprint density at radius 3 is 2.55 bits per heavy atom. The Bertz CT molecular complexity index is 393. The molecule has 5 heteroatoms. The van der Waals surface area contributed by atoms with Gasteiger partial charge in [-0.15, -0.1) is 0 Å². The summed E-state index contributed by atoms with van der Waals surface area (Å²) in [6.45, 7) is 5.91. The third-order valence-electron chi connectivity index (χ3n) is 2.77. The number of nitrogens with two attached hydrogens (primary N) is 1. The van der Waals surface area contributed by atoms with Gasteiger partial charge in [0.15, 0.2) is 0 Å². The zero-order valence-corrected chi connectivity index (χ0v) is 12.2. The van der Waals surface area contributed by atoms with Crippen molar-refractivity contribution in [3.05, 3.63) is 29.8 Å². The SMILES string of the molecule is CCCOCCOC(C)C(=O)Nc1ccc(CN)cc1. The van der Waals surface area contributed by atoms with Crippen molar-refractivity contribution in [2.45, 2.75) is 32.9 Å². The second-order valence-corrected chi connectivity index (χ2v) is 4.52. The Labute approximate surface area is 120 Å². The maximum atomic E-state index is 11.9. The molecular weight excluding hydrogens is 256 g/mol. The number of hydrogen-bond donors (Lipinski definition) is 2. The molecule has 1 aromatic carbocycles. The molecule has 0 saturated heterocycles. The molecule has 0 heterocycles. The predicted octanol–water partition coefficient (Wildman–Crippen LogP) is 1.92. The first-order chi connectivity index (χ1) is 9.67. The lowest BCUT2D eigenvalue weighted by Gasteiger charge is -2.13. The second-order valence-electron chi connectivity index (χ2n) is 4.52.